The van der Waals surface area contributed by atoms with Crippen LogP contribution in [0.4, 0.5) is 0 Å². The zero-order valence-corrected chi connectivity index (χ0v) is 9.25. The molecule has 0 aromatic carbocycles. The lowest BCUT2D eigenvalue weighted by Gasteiger charge is -2.11. The van der Waals surface area contributed by atoms with Crippen molar-refractivity contribution in [2.75, 3.05) is 31.8 Å². The Morgan fingerprint density at radius 3 is 2.75 bits per heavy atom. The Morgan fingerprint density at radius 2 is 2.17 bits per heavy atom. The number of hydrogen-bond acceptors (Lipinski definition) is 3. The maximum Gasteiger partial charge on any atom is 0.0613 e. The Hall–Kier alpha value is 0.270. The minimum Gasteiger partial charge on any atom is -0.383 e. The van der Waals surface area contributed by atoms with Crippen LogP contribution in [0.2, 0.25) is 0 Å². The van der Waals surface area contributed by atoms with Crippen molar-refractivity contribution in [3.05, 3.63) is 0 Å². The summed E-state index contributed by atoms with van der Waals surface area (Å²) in [6.45, 7) is 6.26. The van der Waals surface area contributed by atoms with E-state index in [1.54, 1.807) is 7.11 Å². The molecule has 0 saturated heterocycles. The molecule has 3 heteroatoms. The van der Waals surface area contributed by atoms with Gasteiger partial charge in [-0.3, -0.25) is 0 Å². The number of methoxy groups -OCH3 is 1. The van der Waals surface area contributed by atoms with Gasteiger partial charge >= 0.3 is 0 Å². The number of rotatable bonds is 8. The van der Waals surface area contributed by atoms with E-state index in [0.717, 1.165) is 13.2 Å². The molecule has 1 atom stereocenters. The van der Waals surface area contributed by atoms with Crippen LogP contribution >= 0.6 is 11.8 Å². The molecule has 0 rings (SSSR count). The maximum atomic E-state index is 5.01. The number of ether oxygens (including phenoxy) is 1. The molecule has 0 spiro atoms. The topological polar surface area (TPSA) is 21.3 Å². The van der Waals surface area contributed by atoms with Gasteiger partial charge in [0, 0.05) is 25.4 Å². The Kier molecular flexibility index (Phi) is 9.57. The molecular formula is C9H21NOS. The van der Waals surface area contributed by atoms with E-state index < -0.39 is 0 Å². The molecule has 0 aliphatic rings. The smallest absolute Gasteiger partial charge is 0.0613 e. The van der Waals surface area contributed by atoms with Crippen LogP contribution in [-0.4, -0.2) is 37.8 Å². The normalized spacial score (nSPS) is 13.2. The van der Waals surface area contributed by atoms with Gasteiger partial charge in [0.05, 0.1) is 6.61 Å². The highest BCUT2D eigenvalue weighted by atomic mass is 32.2. The Morgan fingerprint density at radius 1 is 1.42 bits per heavy atom. The summed E-state index contributed by atoms with van der Waals surface area (Å²) >= 11 is 2.01. The summed E-state index contributed by atoms with van der Waals surface area (Å²) in [5.74, 6) is 2.49. The van der Waals surface area contributed by atoms with Gasteiger partial charge in [-0.15, -0.1) is 0 Å². The first kappa shape index (κ1) is 12.3. The Bertz CT molecular complexity index is 90.6. The van der Waals surface area contributed by atoms with Gasteiger partial charge in [-0.05, 0) is 19.1 Å². The van der Waals surface area contributed by atoms with E-state index in [1.807, 2.05) is 11.8 Å². The molecule has 0 radical (unpaired) electrons. The molecule has 1 unspecified atom stereocenters. The highest BCUT2D eigenvalue weighted by molar-refractivity contribution is 7.99. The lowest BCUT2D eigenvalue weighted by Crippen LogP contribution is -2.31. The standard InChI is InChI=1S/C9H21NOS/c1-4-6-12-7-5-10-9(2)8-11-3/h9-10H,4-8H2,1-3H3. The summed E-state index contributed by atoms with van der Waals surface area (Å²) in [6, 6.07) is 0.484. The molecule has 0 aromatic heterocycles. The maximum absolute atomic E-state index is 5.01. The van der Waals surface area contributed by atoms with Crippen LogP contribution in [-0.2, 0) is 4.74 Å². The van der Waals surface area contributed by atoms with Gasteiger partial charge in [-0.2, -0.15) is 11.8 Å². The second-order valence-corrected chi connectivity index (χ2v) is 4.15. The third kappa shape index (κ3) is 8.37. The number of hydrogen-bond donors (Lipinski definition) is 1. The van der Waals surface area contributed by atoms with E-state index in [9.17, 15) is 0 Å². The van der Waals surface area contributed by atoms with Crippen molar-refractivity contribution in [2.24, 2.45) is 0 Å². The second-order valence-electron chi connectivity index (χ2n) is 2.92. The molecule has 0 heterocycles. The largest absolute Gasteiger partial charge is 0.383 e. The fourth-order valence-electron chi connectivity index (χ4n) is 0.933. The monoisotopic (exact) mass is 191 g/mol. The quantitative estimate of drug-likeness (QED) is 0.591. The number of thioether (sulfide) groups is 1. The van der Waals surface area contributed by atoms with Gasteiger partial charge in [-0.1, -0.05) is 6.92 Å². The third-order valence-electron chi connectivity index (χ3n) is 1.50. The average Bonchev–Trinajstić information content (AvgIpc) is 2.05. The van der Waals surface area contributed by atoms with Gasteiger partial charge in [0.25, 0.3) is 0 Å². The van der Waals surface area contributed by atoms with Crippen molar-refractivity contribution < 1.29 is 4.74 Å². The van der Waals surface area contributed by atoms with E-state index in [-0.39, 0.29) is 0 Å². The summed E-state index contributed by atoms with van der Waals surface area (Å²) in [5, 5.41) is 3.40. The Labute approximate surface area is 80.4 Å². The average molecular weight is 191 g/mol. The van der Waals surface area contributed by atoms with E-state index in [1.165, 1.54) is 17.9 Å². The van der Waals surface area contributed by atoms with E-state index >= 15 is 0 Å². The van der Waals surface area contributed by atoms with Crippen LogP contribution in [0.1, 0.15) is 20.3 Å². The summed E-state index contributed by atoms with van der Waals surface area (Å²) in [4.78, 5) is 0. The predicted molar refractivity (Wildman–Crippen MR) is 57.0 cm³/mol. The van der Waals surface area contributed by atoms with Crippen LogP contribution in [0.15, 0.2) is 0 Å². The highest BCUT2D eigenvalue weighted by Gasteiger charge is 1.97. The van der Waals surface area contributed by atoms with E-state index in [0.29, 0.717) is 6.04 Å². The molecule has 12 heavy (non-hydrogen) atoms. The molecule has 74 valence electrons. The predicted octanol–water partition coefficient (Wildman–Crippen LogP) is 1.75. The summed E-state index contributed by atoms with van der Waals surface area (Å²) in [5.41, 5.74) is 0. The van der Waals surface area contributed by atoms with Gasteiger partial charge in [0.15, 0.2) is 0 Å². The minimum absolute atomic E-state index is 0.484. The minimum atomic E-state index is 0.484. The van der Waals surface area contributed by atoms with E-state index in [2.05, 4.69) is 19.2 Å². The van der Waals surface area contributed by atoms with Crippen molar-refractivity contribution in [3.63, 3.8) is 0 Å². The highest BCUT2D eigenvalue weighted by Crippen LogP contribution is 1.99. The second kappa shape index (κ2) is 9.36. The van der Waals surface area contributed by atoms with Gasteiger partial charge < -0.3 is 10.1 Å². The molecule has 0 aliphatic heterocycles. The van der Waals surface area contributed by atoms with Crippen LogP contribution in [0.5, 0.6) is 0 Å². The van der Waals surface area contributed by atoms with Crippen LogP contribution in [0.25, 0.3) is 0 Å². The molecule has 0 aromatic rings. The molecule has 1 N–H and O–H groups in total. The summed E-state index contributed by atoms with van der Waals surface area (Å²) in [7, 11) is 1.74. The van der Waals surface area contributed by atoms with E-state index in [4.69, 9.17) is 4.74 Å². The first-order valence-corrected chi connectivity index (χ1v) is 5.76. The Balaban J connectivity index is 2.97. The molecule has 0 fully saturated rings. The molecule has 0 bridgehead atoms. The van der Waals surface area contributed by atoms with Crippen LogP contribution in [0, 0.1) is 0 Å². The molecule has 2 nitrogen and oxygen atoms in total. The first-order chi connectivity index (χ1) is 5.81. The molecule has 0 aliphatic carbocycles. The van der Waals surface area contributed by atoms with Crippen molar-refractivity contribution >= 4 is 11.8 Å². The van der Waals surface area contributed by atoms with Crippen molar-refractivity contribution in [2.45, 2.75) is 26.3 Å². The van der Waals surface area contributed by atoms with Gasteiger partial charge in [0.1, 0.15) is 0 Å². The zero-order chi connectivity index (χ0) is 9.23. The van der Waals surface area contributed by atoms with Crippen molar-refractivity contribution in [1.82, 2.24) is 5.32 Å². The fourth-order valence-corrected chi connectivity index (χ4v) is 1.69. The van der Waals surface area contributed by atoms with Crippen LogP contribution < -0.4 is 5.32 Å². The number of nitrogens with one attached hydrogen (secondary N) is 1. The fraction of sp³-hybridized carbons (Fsp3) is 1.00. The van der Waals surface area contributed by atoms with Crippen LogP contribution in [0.3, 0.4) is 0 Å². The van der Waals surface area contributed by atoms with Gasteiger partial charge in [-0.25, -0.2) is 0 Å². The zero-order valence-electron chi connectivity index (χ0n) is 8.43. The SMILES string of the molecule is CCCSCCNC(C)COC. The van der Waals surface area contributed by atoms with Crippen molar-refractivity contribution in [3.8, 4) is 0 Å². The molecule has 0 saturated carbocycles. The molecule has 0 amide bonds. The molecular weight excluding hydrogens is 170 g/mol. The lowest BCUT2D eigenvalue weighted by atomic mass is 10.4. The lowest BCUT2D eigenvalue weighted by molar-refractivity contribution is 0.173. The van der Waals surface area contributed by atoms with Gasteiger partial charge in [0.2, 0.25) is 0 Å². The summed E-state index contributed by atoms with van der Waals surface area (Å²) < 4.78 is 5.01. The van der Waals surface area contributed by atoms with Crippen molar-refractivity contribution in [1.29, 1.82) is 0 Å². The summed E-state index contributed by atoms with van der Waals surface area (Å²) in [6.07, 6.45) is 1.28. The first-order valence-electron chi connectivity index (χ1n) is 4.61. The third-order valence-corrected chi connectivity index (χ3v) is 2.69.